The zero-order chi connectivity index (χ0) is 29.8. The third-order valence-electron chi connectivity index (χ3n) is 6.94. The van der Waals surface area contributed by atoms with E-state index in [-0.39, 0.29) is 72.9 Å². The number of halogens is 3. The lowest BCUT2D eigenvalue weighted by Crippen LogP contribution is -2.26. The Bertz CT molecular complexity index is 1630. The number of imidazole rings is 1. The molecule has 0 aliphatic carbocycles. The zero-order valence-corrected chi connectivity index (χ0v) is 24.3. The van der Waals surface area contributed by atoms with Crippen molar-refractivity contribution in [2.24, 2.45) is 0 Å². The second kappa shape index (κ2) is 12.8. The number of aromatic nitrogens is 2. The van der Waals surface area contributed by atoms with Crippen LogP contribution in [0.2, 0.25) is 0 Å². The number of aryl methyl sites for hydroxylation is 1. The normalized spacial score (nSPS) is 12.3. The third-order valence-corrected chi connectivity index (χ3v) is 7.77. The van der Waals surface area contributed by atoms with Crippen LogP contribution in [0.3, 0.4) is 0 Å². The highest BCUT2D eigenvalue weighted by Crippen LogP contribution is 2.36. The number of fused-ring (bicyclic) bond motifs is 1. The van der Waals surface area contributed by atoms with E-state index in [9.17, 15) is 12.6 Å². The van der Waals surface area contributed by atoms with Crippen molar-refractivity contribution in [3.05, 3.63) is 100 Å². The molecule has 0 fully saturated rings. The molecular weight excluding hydrogens is 587 g/mol. The highest BCUT2D eigenvalue weighted by Gasteiger charge is 2.32. The molecule has 4 aromatic rings. The van der Waals surface area contributed by atoms with Gasteiger partial charge in [-0.05, 0) is 52.9 Å². The van der Waals surface area contributed by atoms with Gasteiger partial charge in [0.2, 0.25) is 0 Å². The van der Waals surface area contributed by atoms with Gasteiger partial charge in [0, 0.05) is 5.56 Å². The SMILES string of the molecule is CCc1cc(OCc2ccccc2)c(F)cc1-c1ccc(C(=N)c2nc3c(n2SF)CN(C(=O)OC)C3)c(NSF)c1. The van der Waals surface area contributed by atoms with Gasteiger partial charge in [-0.1, -0.05) is 43.3 Å². The molecule has 2 heterocycles. The van der Waals surface area contributed by atoms with Crippen molar-refractivity contribution in [1.82, 2.24) is 13.9 Å². The van der Waals surface area contributed by atoms with Crippen LogP contribution in [0.4, 0.5) is 22.6 Å². The Hall–Kier alpha value is -4.10. The third kappa shape index (κ3) is 5.79. The van der Waals surface area contributed by atoms with Crippen LogP contribution in [0.25, 0.3) is 11.1 Å². The molecule has 2 N–H and O–H groups in total. The fourth-order valence-corrected chi connectivity index (χ4v) is 5.55. The molecule has 0 saturated carbocycles. The van der Waals surface area contributed by atoms with Crippen LogP contribution >= 0.6 is 24.7 Å². The van der Waals surface area contributed by atoms with Gasteiger partial charge in [-0.25, -0.2) is 18.1 Å². The number of anilines is 1. The summed E-state index contributed by atoms with van der Waals surface area (Å²) in [6.45, 7) is 2.33. The van der Waals surface area contributed by atoms with Crippen LogP contribution in [-0.2, 0) is 30.9 Å². The molecule has 8 nitrogen and oxygen atoms in total. The first-order valence-electron chi connectivity index (χ1n) is 12.9. The van der Waals surface area contributed by atoms with Crippen molar-refractivity contribution in [1.29, 1.82) is 5.41 Å². The summed E-state index contributed by atoms with van der Waals surface area (Å²) < 4.78 is 56.9. The van der Waals surface area contributed by atoms with Gasteiger partial charge >= 0.3 is 6.09 Å². The van der Waals surface area contributed by atoms with Gasteiger partial charge in [0.05, 0.1) is 37.3 Å². The van der Waals surface area contributed by atoms with E-state index < -0.39 is 11.9 Å². The van der Waals surface area contributed by atoms with Crippen molar-refractivity contribution < 1.29 is 26.4 Å². The van der Waals surface area contributed by atoms with Crippen molar-refractivity contribution >= 4 is 42.2 Å². The van der Waals surface area contributed by atoms with Gasteiger partial charge in [0.1, 0.15) is 12.3 Å². The number of nitrogens with zero attached hydrogens (tertiary/aromatic N) is 3. The predicted molar refractivity (Wildman–Crippen MR) is 158 cm³/mol. The zero-order valence-electron chi connectivity index (χ0n) is 22.6. The molecule has 0 saturated heterocycles. The first kappa shape index (κ1) is 29.4. The Morgan fingerprint density at radius 1 is 1.12 bits per heavy atom. The Balaban J connectivity index is 1.45. The Morgan fingerprint density at radius 2 is 1.90 bits per heavy atom. The lowest BCUT2D eigenvalue weighted by atomic mass is 9.95. The molecule has 42 heavy (non-hydrogen) atoms. The molecule has 1 amide bonds. The maximum Gasteiger partial charge on any atom is 0.410 e. The van der Waals surface area contributed by atoms with E-state index in [1.165, 1.54) is 18.1 Å². The highest BCUT2D eigenvalue weighted by molar-refractivity contribution is 7.95. The van der Waals surface area contributed by atoms with Gasteiger partial charge in [0.25, 0.3) is 0 Å². The number of methoxy groups -OCH3 is 1. The van der Waals surface area contributed by atoms with Crippen molar-refractivity contribution in [2.75, 3.05) is 11.8 Å². The van der Waals surface area contributed by atoms with E-state index in [2.05, 4.69) is 9.71 Å². The number of amides is 1. The summed E-state index contributed by atoms with van der Waals surface area (Å²) in [4.78, 5) is 17.7. The summed E-state index contributed by atoms with van der Waals surface area (Å²) in [7, 11) is 1.25. The molecule has 0 spiro atoms. The average Bonchev–Trinajstić information content (AvgIpc) is 3.58. The fourth-order valence-electron chi connectivity index (χ4n) is 4.85. The minimum absolute atomic E-state index is 0.0110. The monoisotopic (exact) mass is 613 g/mol. The van der Waals surface area contributed by atoms with Gasteiger partial charge in [-0.2, -0.15) is 0 Å². The second-order valence-electron chi connectivity index (χ2n) is 9.40. The molecule has 13 heteroatoms. The number of ether oxygens (including phenoxy) is 2. The van der Waals surface area contributed by atoms with Crippen molar-refractivity contribution in [3.8, 4) is 16.9 Å². The number of benzene rings is 3. The minimum Gasteiger partial charge on any atom is -0.486 e. The molecule has 1 aliphatic heterocycles. The van der Waals surface area contributed by atoms with E-state index in [1.54, 1.807) is 24.3 Å². The summed E-state index contributed by atoms with van der Waals surface area (Å²) in [6.07, 6.45) is 0.00944. The summed E-state index contributed by atoms with van der Waals surface area (Å²) in [6, 6.07) is 17.4. The molecule has 0 atom stereocenters. The van der Waals surface area contributed by atoms with Crippen molar-refractivity contribution in [3.63, 3.8) is 0 Å². The molecule has 1 aromatic heterocycles. The van der Waals surface area contributed by atoms with Gasteiger partial charge in [-0.3, -0.25) is 10.3 Å². The smallest absolute Gasteiger partial charge is 0.410 e. The first-order valence-corrected chi connectivity index (χ1v) is 14.3. The van der Waals surface area contributed by atoms with Gasteiger partial charge < -0.3 is 14.2 Å². The lowest BCUT2D eigenvalue weighted by Gasteiger charge is -2.17. The fraction of sp³-hybridized carbons (Fsp3) is 0.207. The second-order valence-corrected chi connectivity index (χ2v) is 10.3. The van der Waals surface area contributed by atoms with E-state index in [1.807, 2.05) is 37.3 Å². The van der Waals surface area contributed by atoms with Gasteiger partial charge in [-0.15, -0.1) is 7.77 Å². The number of carbonyl (C=O) groups is 1. The predicted octanol–water partition coefficient (Wildman–Crippen LogP) is 7.65. The summed E-state index contributed by atoms with van der Waals surface area (Å²) in [5.74, 6) is -0.399. The molecular formula is C29H26F3N5O3S2. The largest absolute Gasteiger partial charge is 0.486 e. The summed E-state index contributed by atoms with van der Waals surface area (Å²) >= 11 is -0.297. The topological polar surface area (TPSA) is 92.5 Å². The molecule has 218 valence electrons. The van der Waals surface area contributed by atoms with Crippen LogP contribution in [0.5, 0.6) is 5.75 Å². The highest BCUT2D eigenvalue weighted by atomic mass is 32.2. The number of hydrogen-bond donors (Lipinski definition) is 2. The number of carbonyl (C=O) groups excluding carboxylic acids is 1. The molecule has 0 radical (unpaired) electrons. The summed E-state index contributed by atoms with van der Waals surface area (Å²) in [5.41, 5.74) is 4.11. The lowest BCUT2D eigenvalue weighted by molar-refractivity contribution is 0.122. The number of hydrogen-bond acceptors (Lipinski definition) is 8. The van der Waals surface area contributed by atoms with Crippen LogP contribution in [-0.4, -0.2) is 32.8 Å². The average molecular weight is 614 g/mol. The molecule has 3 aromatic carbocycles. The van der Waals surface area contributed by atoms with Crippen LogP contribution in [0, 0.1) is 11.2 Å². The van der Waals surface area contributed by atoms with E-state index in [0.29, 0.717) is 28.9 Å². The summed E-state index contributed by atoms with van der Waals surface area (Å²) in [5, 5.41) is 8.83. The minimum atomic E-state index is -0.569. The maximum atomic E-state index is 15.2. The van der Waals surface area contributed by atoms with Crippen LogP contribution in [0.1, 0.15) is 40.8 Å². The van der Waals surface area contributed by atoms with E-state index in [4.69, 9.17) is 14.9 Å². The molecule has 5 rings (SSSR count). The quantitative estimate of drug-likeness (QED) is 0.140. The Kier molecular flexibility index (Phi) is 8.97. The molecule has 0 unspecified atom stereocenters. The first-order chi connectivity index (χ1) is 20.4. The number of nitrogens with one attached hydrogen (secondary N) is 2. The Labute approximate surface area is 249 Å². The van der Waals surface area contributed by atoms with E-state index >= 15 is 4.39 Å². The standard InChI is InChI=1S/C29H26F3N5O3S2/c1-3-18-12-26(40-16-17-7-5-4-6-8-17)22(30)13-21(18)19-9-10-20(23(11-19)35-41-31)27(33)28-34-24-14-36(29(38)39-2)15-25(24)37(28)42-32/h4-13,33,35H,3,14-16H2,1-2H3. The van der Waals surface area contributed by atoms with E-state index in [0.717, 1.165) is 15.1 Å². The van der Waals surface area contributed by atoms with Crippen molar-refractivity contribution in [2.45, 2.75) is 33.0 Å². The van der Waals surface area contributed by atoms with Gasteiger partial charge in [0.15, 0.2) is 42.1 Å². The number of rotatable bonds is 10. The Morgan fingerprint density at radius 3 is 2.60 bits per heavy atom. The molecule has 1 aliphatic rings. The maximum absolute atomic E-state index is 15.2. The van der Waals surface area contributed by atoms with Crippen LogP contribution in [0.15, 0.2) is 60.7 Å². The van der Waals surface area contributed by atoms with Crippen LogP contribution < -0.4 is 9.46 Å². The molecule has 0 bridgehead atoms.